The minimum Gasteiger partial charge on any atom is -0.496 e. The van der Waals surface area contributed by atoms with Crippen molar-refractivity contribution in [3.63, 3.8) is 0 Å². The van der Waals surface area contributed by atoms with Crippen LogP contribution in [0.15, 0.2) is 27.6 Å². The molecule has 2 N–H and O–H groups in total. The fourth-order valence-corrected chi connectivity index (χ4v) is 2.36. The van der Waals surface area contributed by atoms with Gasteiger partial charge in [0.15, 0.2) is 0 Å². The van der Waals surface area contributed by atoms with E-state index in [2.05, 4.69) is 20.7 Å². The number of hydrogen-bond acceptors (Lipinski definition) is 4. The van der Waals surface area contributed by atoms with Crippen molar-refractivity contribution >= 4 is 27.9 Å². The normalized spacial score (nSPS) is 11.6. The summed E-state index contributed by atoms with van der Waals surface area (Å²) >= 11 is 4.87. The lowest BCUT2D eigenvalue weighted by Crippen LogP contribution is -2.38. The second kappa shape index (κ2) is 5.91. The second-order valence-electron chi connectivity index (χ2n) is 4.04. The average Bonchev–Trinajstić information content (AvgIpc) is 2.27. The number of rotatable bonds is 5. The Morgan fingerprint density at radius 3 is 2.75 bits per heavy atom. The first kappa shape index (κ1) is 13.8. The van der Waals surface area contributed by atoms with Gasteiger partial charge in [0, 0.05) is 10.0 Å². The first-order chi connectivity index (χ1) is 7.48. The maximum absolute atomic E-state index is 9.14. The van der Waals surface area contributed by atoms with Crippen molar-refractivity contribution in [2.45, 2.75) is 24.3 Å². The predicted octanol–water partition coefficient (Wildman–Crippen LogP) is 2.83. The summed E-state index contributed by atoms with van der Waals surface area (Å²) < 4.78 is 9.45. The second-order valence-corrected chi connectivity index (χ2v) is 5.81. The van der Waals surface area contributed by atoms with Gasteiger partial charge in [0.2, 0.25) is 0 Å². The van der Waals surface area contributed by atoms with Gasteiger partial charge in [-0.15, -0.1) is 0 Å². The topological polar surface area (TPSA) is 41.5 Å². The van der Waals surface area contributed by atoms with Crippen LogP contribution in [0.1, 0.15) is 13.8 Å². The summed E-state index contributed by atoms with van der Waals surface area (Å²) in [5, 5.41) is 9.14. The van der Waals surface area contributed by atoms with Gasteiger partial charge in [0.05, 0.1) is 18.6 Å². The van der Waals surface area contributed by atoms with Crippen molar-refractivity contribution in [1.29, 1.82) is 0 Å². The van der Waals surface area contributed by atoms with Gasteiger partial charge in [0.25, 0.3) is 0 Å². The minimum atomic E-state index is -0.321. The number of methoxy groups -OCH3 is 1. The molecule has 0 aliphatic carbocycles. The number of aliphatic hydroxyl groups is 1. The number of ether oxygens (including phenoxy) is 1. The highest BCUT2D eigenvalue weighted by Gasteiger charge is 2.17. The Hall–Kier alpha value is -0.230. The highest BCUT2D eigenvalue weighted by Crippen LogP contribution is 2.31. The van der Waals surface area contributed by atoms with E-state index in [9.17, 15) is 0 Å². The van der Waals surface area contributed by atoms with Crippen LogP contribution in [-0.2, 0) is 0 Å². The third-order valence-electron chi connectivity index (χ3n) is 1.96. The molecule has 0 spiro atoms. The zero-order chi connectivity index (χ0) is 12.2. The van der Waals surface area contributed by atoms with E-state index in [1.807, 2.05) is 32.0 Å². The van der Waals surface area contributed by atoms with Crippen LogP contribution in [-0.4, -0.2) is 24.4 Å². The standard InChI is InChI=1S/C11H16BrNO2S/c1-11(2,7-14)13-16-10-6-8(12)4-5-9(10)15-3/h4-6,13-14H,7H2,1-3H3. The molecule has 1 aromatic rings. The summed E-state index contributed by atoms with van der Waals surface area (Å²) in [6.45, 7) is 3.95. The molecule has 0 aliphatic rings. The average molecular weight is 306 g/mol. The highest BCUT2D eigenvalue weighted by atomic mass is 79.9. The molecule has 1 aromatic carbocycles. The van der Waals surface area contributed by atoms with Crippen LogP contribution in [0.3, 0.4) is 0 Å². The summed E-state index contributed by atoms with van der Waals surface area (Å²) in [6, 6.07) is 5.81. The van der Waals surface area contributed by atoms with Crippen molar-refractivity contribution in [3.8, 4) is 5.75 Å². The van der Waals surface area contributed by atoms with Gasteiger partial charge in [-0.3, -0.25) is 4.72 Å². The Morgan fingerprint density at radius 2 is 2.19 bits per heavy atom. The van der Waals surface area contributed by atoms with E-state index in [0.717, 1.165) is 15.1 Å². The fraction of sp³-hybridized carbons (Fsp3) is 0.455. The molecule has 0 heterocycles. The summed E-state index contributed by atoms with van der Waals surface area (Å²) in [5.74, 6) is 0.814. The SMILES string of the molecule is COc1ccc(Br)cc1SNC(C)(C)CO. The molecular formula is C11H16BrNO2S. The molecule has 5 heteroatoms. The van der Waals surface area contributed by atoms with Gasteiger partial charge in [-0.1, -0.05) is 15.9 Å². The van der Waals surface area contributed by atoms with E-state index < -0.39 is 0 Å². The minimum absolute atomic E-state index is 0.0797. The van der Waals surface area contributed by atoms with Gasteiger partial charge in [-0.05, 0) is 44.0 Å². The van der Waals surface area contributed by atoms with E-state index in [1.165, 1.54) is 11.9 Å². The van der Waals surface area contributed by atoms with Crippen molar-refractivity contribution < 1.29 is 9.84 Å². The monoisotopic (exact) mass is 305 g/mol. The number of halogens is 1. The molecule has 0 fully saturated rings. The summed E-state index contributed by atoms with van der Waals surface area (Å²) in [7, 11) is 1.64. The van der Waals surface area contributed by atoms with Gasteiger partial charge >= 0.3 is 0 Å². The van der Waals surface area contributed by atoms with Crippen LogP contribution in [0.5, 0.6) is 5.75 Å². The van der Waals surface area contributed by atoms with Gasteiger partial charge in [-0.25, -0.2) is 0 Å². The van der Waals surface area contributed by atoms with Crippen molar-refractivity contribution in [1.82, 2.24) is 4.72 Å². The summed E-state index contributed by atoms with van der Waals surface area (Å²) in [6.07, 6.45) is 0. The zero-order valence-electron chi connectivity index (χ0n) is 9.58. The van der Waals surface area contributed by atoms with Gasteiger partial charge in [-0.2, -0.15) is 0 Å². The molecule has 0 bridgehead atoms. The molecule has 0 unspecified atom stereocenters. The van der Waals surface area contributed by atoms with Crippen LogP contribution in [0.2, 0.25) is 0 Å². The molecule has 0 atom stereocenters. The zero-order valence-corrected chi connectivity index (χ0v) is 12.0. The van der Waals surface area contributed by atoms with Crippen LogP contribution >= 0.6 is 27.9 Å². The van der Waals surface area contributed by atoms with Gasteiger partial charge in [0.1, 0.15) is 5.75 Å². The molecular weight excluding hydrogens is 290 g/mol. The van der Waals surface area contributed by atoms with Crippen LogP contribution < -0.4 is 9.46 Å². The van der Waals surface area contributed by atoms with Gasteiger partial charge < -0.3 is 9.84 Å². The maximum Gasteiger partial charge on any atom is 0.133 e. The Bertz CT molecular complexity index is 358. The number of hydrogen-bond donors (Lipinski definition) is 2. The Kier molecular flexibility index (Phi) is 5.11. The largest absolute Gasteiger partial charge is 0.496 e. The quantitative estimate of drug-likeness (QED) is 0.821. The number of nitrogens with one attached hydrogen (secondary N) is 1. The van der Waals surface area contributed by atoms with E-state index in [4.69, 9.17) is 9.84 Å². The Morgan fingerprint density at radius 1 is 1.50 bits per heavy atom. The van der Waals surface area contributed by atoms with E-state index in [0.29, 0.717) is 0 Å². The third kappa shape index (κ3) is 3.97. The van der Waals surface area contributed by atoms with E-state index >= 15 is 0 Å². The smallest absolute Gasteiger partial charge is 0.133 e. The molecule has 16 heavy (non-hydrogen) atoms. The van der Waals surface area contributed by atoms with Crippen LogP contribution in [0, 0.1) is 0 Å². The van der Waals surface area contributed by atoms with Crippen molar-refractivity contribution in [3.05, 3.63) is 22.7 Å². The van der Waals surface area contributed by atoms with E-state index in [1.54, 1.807) is 7.11 Å². The van der Waals surface area contributed by atoms with E-state index in [-0.39, 0.29) is 12.1 Å². The van der Waals surface area contributed by atoms with Crippen molar-refractivity contribution in [2.75, 3.05) is 13.7 Å². The summed E-state index contributed by atoms with van der Waals surface area (Å²) in [4.78, 5) is 0.985. The molecule has 90 valence electrons. The predicted molar refractivity (Wildman–Crippen MR) is 70.9 cm³/mol. The summed E-state index contributed by atoms with van der Waals surface area (Å²) in [5.41, 5.74) is -0.321. The van der Waals surface area contributed by atoms with Crippen LogP contribution in [0.25, 0.3) is 0 Å². The molecule has 0 saturated carbocycles. The molecule has 0 amide bonds. The fourth-order valence-electron chi connectivity index (χ4n) is 0.956. The lowest BCUT2D eigenvalue weighted by molar-refractivity contribution is 0.211. The Labute approximate surface area is 109 Å². The van der Waals surface area contributed by atoms with Crippen LogP contribution in [0.4, 0.5) is 0 Å². The molecule has 1 rings (SSSR count). The molecule has 0 radical (unpaired) electrons. The number of aliphatic hydroxyl groups excluding tert-OH is 1. The number of benzene rings is 1. The molecule has 0 aromatic heterocycles. The molecule has 0 saturated heterocycles. The highest BCUT2D eigenvalue weighted by molar-refractivity contribution is 9.10. The maximum atomic E-state index is 9.14. The third-order valence-corrected chi connectivity index (χ3v) is 3.65. The molecule has 3 nitrogen and oxygen atoms in total. The lowest BCUT2D eigenvalue weighted by atomic mass is 10.1. The Balaban J connectivity index is 2.76. The lowest BCUT2D eigenvalue weighted by Gasteiger charge is -2.23. The first-order valence-electron chi connectivity index (χ1n) is 4.87. The first-order valence-corrected chi connectivity index (χ1v) is 6.48. The molecule has 0 aliphatic heterocycles. The van der Waals surface area contributed by atoms with Crippen molar-refractivity contribution in [2.24, 2.45) is 0 Å².